The summed E-state index contributed by atoms with van der Waals surface area (Å²) in [7, 11) is 1.65. The number of ether oxygens (including phenoxy) is 1. The molecule has 0 saturated heterocycles. The zero-order valence-corrected chi connectivity index (χ0v) is 10.4. The van der Waals surface area contributed by atoms with Gasteiger partial charge < -0.3 is 14.5 Å². The fourth-order valence-corrected chi connectivity index (χ4v) is 1.34. The van der Waals surface area contributed by atoms with E-state index in [1.807, 2.05) is 19.1 Å². The van der Waals surface area contributed by atoms with Gasteiger partial charge in [-0.3, -0.25) is 10.1 Å². The number of rotatable bonds is 8. The second-order valence-corrected chi connectivity index (χ2v) is 3.82. The van der Waals surface area contributed by atoms with Gasteiger partial charge in [-0.1, -0.05) is 0 Å². The minimum absolute atomic E-state index is 0.00680. The van der Waals surface area contributed by atoms with Crippen LogP contribution >= 0.6 is 0 Å². The first kappa shape index (κ1) is 13.7. The molecule has 1 atom stereocenters. The molecule has 5 heteroatoms. The Balaban J connectivity index is 2.13. The molecule has 1 unspecified atom stereocenters. The van der Waals surface area contributed by atoms with E-state index in [1.165, 1.54) is 0 Å². The van der Waals surface area contributed by atoms with E-state index in [0.29, 0.717) is 19.7 Å². The molecule has 0 aliphatic carbocycles. The fraction of sp³-hybridized carbons (Fsp3) is 0.583. The van der Waals surface area contributed by atoms with Crippen LogP contribution in [-0.4, -0.2) is 32.2 Å². The lowest BCUT2D eigenvalue weighted by atomic mass is 10.3. The quantitative estimate of drug-likeness (QED) is 0.663. The van der Waals surface area contributed by atoms with Crippen LogP contribution in [0.3, 0.4) is 0 Å². The van der Waals surface area contributed by atoms with Gasteiger partial charge in [-0.2, -0.15) is 0 Å². The molecule has 17 heavy (non-hydrogen) atoms. The van der Waals surface area contributed by atoms with Gasteiger partial charge in [0, 0.05) is 20.3 Å². The first-order valence-corrected chi connectivity index (χ1v) is 5.76. The molecular weight excluding hydrogens is 220 g/mol. The third kappa shape index (κ3) is 5.51. The van der Waals surface area contributed by atoms with Crippen molar-refractivity contribution in [3.8, 4) is 0 Å². The molecule has 5 nitrogen and oxygen atoms in total. The standard InChI is InChI=1S/C12H20N2O3/c1-10(12(15)13-6-4-7-16-2)14-9-11-5-3-8-17-11/h3,5,8,10,14H,4,6-7,9H2,1-2H3,(H,13,15). The maximum Gasteiger partial charge on any atom is 0.236 e. The highest BCUT2D eigenvalue weighted by Crippen LogP contribution is 1.99. The highest BCUT2D eigenvalue weighted by molar-refractivity contribution is 5.81. The summed E-state index contributed by atoms with van der Waals surface area (Å²) in [4.78, 5) is 11.6. The highest BCUT2D eigenvalue weighted by Gasteiger charge is 2.11. The van der Waals surface area contributed by atoms with Crippen molar-refractivity contribution in [1.29, 1.82) is 0 Å². The zero-order chi connectivity index (χ0) is 12.5. The Morgan fingerprint density at radius 3 is 3.06 bits per heavy atom. The number of furan rings is 1. The van der Waals surface area contributed by atoms with E-state index in [1.54, 1.807) is 13.4 Å². The predicted molar refractivity (Wildman–Crippen MR) is 64.5 cm³/mol. The lowest BCUT2D eigenvalue weighted by Crippen LogP contribution is -2.42. The minimum Gasteiger partial charge on any atom is -0.468 e. The highest BCUT2D eigenvalue weighted by atomic mass is 16.5. The molecule has 1 amide bonds. The minimum atomic E-state index is -0.234. The third-order valence-electron chi connectivity index (χ3n) is 2.38. The topological polar surface area (TPSA) is 63.5 Å². The molecule has 1 heterocycles. The average Bonchev–Trinajstić information content (AvgIpc) is 2.84. The van der Waals surface area contributed by atoms with Gasteiger partial charge in [0.2, 0.25) is 5.91 Å². The van der Waals surface area contributed by atoms with Crippen LogP contribution in [0.25, 0.3) is 0 Å². The van der Waals surface area contributed by atoms with Gasteiger partial charge in [0.15, 0.2) is 0 Å². The van der Waals surface area contributed by atoms with Crippen molar-refractivity contribution in [2.24, 2.45) is 0 Å². The molecule has 1 aromatic rings. The van der Waals surface area contributed by atoms with Crippen molar-refractivity contribution in [2.75, 3.05) is 20.3 Å². The maximum absolute atomic E-state index is 11.6. The Kier molecular flexibility index (Phi) is 6.35. The second-order valence-electron chi connectivity index (χ2n) is 3.82. The van der Waals surface area contributed by atoms with Crippen molar-refractivity contribution in [3.05, 3.63) is 24.2 Å². The molecule has 0 radical (unpaired) electrons. The van der Waals surface area contributed by atoms with Gasteiger partial charge in [0.25, 0.3) is 0 Å². The summed E-state index contributed by atoms with van der Waals surface area (Å²) in [5, 5.41) is 5.92. The van der Waals surface area contributed by atoms with Crippen molar-refractivity contribution in [3.63, 3.8) is 0 Å². The summed E-state index contributed by atoms with van der Waals surface area (Å²) in [6.45, 7) is 3.68. The maximum atomic E-state index is 11.6. The van der Waals surface area contributed by atoms with E-state index in [2.05, 4.69) is 10.6 Å². The van der Waals surface area contributed by atoms with Crippen LogP contribution in [0.1, 0.15) is 19.1 Å². The summed E-state index contributed by atoms with van der Waals surface area (Å²) >= 11 is 0. The molecule has 0 aromatic carbocycles. The summed E-state index contributed by atoms with van der Waals surface area (Å²) in [5.74, 6) is 0.816. The number of amides is 1. The Bertz CT molecular complexity index is 312. The van der Waals surface area contributed by atoms with E-state index in [0.717, 1.165) is 12.2 Å². The van der Waals surface area contributed by atoms with Gasteiger partial charge in [0.1, 0.15) is 5.76 Å². The van der Waals surface area contributed by atoms with Crippen molar-refractivity contribution in [1.82, 2.24) is 10.6 Å². The monoisotopic (exact) mass is 240 g/mol. The summed E-state index contributed by atoms with van der Waals surface area (Å²) in [6, 6.07) is 3.46. The van der Waals surface area contributed by atoms with Gasteiger partial charge in [-0.05, 0) is 25.5 Å². The van der Waals surface area contributed by atoms with Crippen LogP contribution < -0.4 is 10.6 Å². The van der Waals surface area contributed by atoms with Crippen LogP contribution in [0.4, 0.5) is 0 Å². The number of nitrogens with one attached hydrogen (secondary N) is 2. The van der Waals surface area contributed by atoms with Crippen LogP contribution in [0.5, 0.6) is 0 Å². The van der Waals surface area contributed by atoms with Crippen LogP contribution in [0.2, 0.25) is 0 Å². The largest absolute Gasteiger partial charge is 0.468 e. The Morgan fingerprint density at radius 1 is 1.59 bits per heavy atom. The van der Waals surface area contributed by atoms with Gasteiger partial charge >= 0.3 is 0 Å². The molecule has 0 spiro atoms. The zero-order valence-electron chi connectivity index (χ0n) is 10.4. The van der Waals surface area contributed by atoms with E-state index < -0.39 is 0 Å². The normalized spacial score (nSPS) is 12.4. The van der Waals surface area contributed by atoms with Gasteiger partial charge in [0.05, 0.1) is 18.8 Å². The number of hydrogen-bond acceptors (Lipinski definition) is 4. The van der Waals surface area contributed by atoms with Gasteiger partial charge in [-0.15, -0.1) is 0 Å². The molecule has 0 fully saturated rings. The van der Waals surface area contributed by atoms with E-state index in [9.17, 15) is 4.79 Å². The van der Waals surface area contributed by atoms with Crippen LogP contribution in [-0.2, 0) is 16.1 Å². The van der Waals surface area contributed by atoms with Crippen molar-refractivity contribution < 1.29 is 13.9 Å². The first-order valence-electron chi connectivity index (χ1n) is 5.76. The Morgan fingerprint density at radius 2 is 2.41 bits per heavy atom. The van der Waals surface area contributed by atoms with Crippen LogP contribution in [0, 0.1) is 0 Å². The van der Waals surface area contributed by atoms with Crippen LogP contribution in [0.15, 0.2) is 22.8 Å². The number of carbonyl (C=O) groups is 1. The molecular formula is C12H20N2O3. The predicted octanol–water partition coefficient (Wildman–Crippen LogP) is 0.910. The van der Waals surface area contributed by atoms with E-state index in [-0.39, 0.29) is 11.9 Å². The molecule has 0 saturated carbocycles. The summed E-state index contributed by atoms with van der Waals surface area (Å²) in [5.41, 5.74) is 0. The SMILES string of the molecule is COCCCNC(=O)C(C)NCc1ccco1. The molecule has 1 aromatic heterocycles. The number of methoxy groups -OCH3 is 1. The number of carbonyl (C=O) groups excluding carboxylic acids is 1. The van der Waals surface area contributed by atoms with Crippen molar-refractivity contribution >= 4 is 5.91 Å². The van der Waals surface area contributed by atoms with Gasteiger partial charge in [-0.25, -0.2) is 0 Å². The van der Waals surface area contributed by atoms with E-state index in [4.69, 9.17) is 9.15 Å². The molecule has 2 N–H and O–H groups in total. The summed E-state index contributed by atoms with van der Waals surface area (Å²) < 4.78 is 10.1. The smallest absolute Gasteiger partial charge is 0.236 e. The molecule has 1 rings (SSSR count). The summed E-state index contributed by atoms with van der Waals surface area (Å²) in [6.07, 6.45) is 2.44. The fourth-order valence-electron chi connectivity index (χ4n) is 1.34. The molecule has 0 aliphatic rings. The van der Waals surface area contributed by atoms with E-state index >= 15 is 0 Å². The molecule has 0 bridgehead atoms. The lowest BCUT2D eigenvalue weighted by Gasteiger charge is -2.13. The lowest BCUT2D eigenvalue weighted by molar-refractivity contribution is -0.122. The second kappa shape index (κ2) is 7.86. The Labute approximate surface area is 102 Å². The van der Waals surface area contributed by atoms with Crippen molar-refractivity contribution in [2.45, 2.75) is 25.9 Å². The Hall–Kier alpha value is -1.33. The molecule has 96 valence electrons. The first-order chi connectivity index (χ1) is 8.24. The number of hydrogen-bond donors (Lipinski definition) is 2. The molecule has 0 aliphatic heterocycles. The average molecular weight is 240 g/mol. The third-order valence-corrected chi connectivity index (χ3v) is 2.38.